The van der Waals surface area contributed by atoms with Gasteiger partial charge in [0.05, 0.1) is 10.7 Å². The Bertz CT molecular complexity index is 390. The molecular formula is C14H19Cl2N. The van der Waals surface area contributed by atoms with E-state index in [0.717, 1.165) is 22.8 Å². The van der Waals surface area contributed by atoms with E-state index in [1.807, 2.05) is 12.1 Å². The SMILES string of the molecule is CC(C)C1CCCN1c1c(Cl)cccc1CCl. The highest BCUT2D eigenvalue weighted by atomic mass is 35.5. The first kappa shape index (κ1) is 13.0. The molecule has 1 aliphatic heterocycles. The van der Waals surface area contributed by atoms with Crippen LogP contribution < -0.4 is 4.90 Å². The van der Waals surface area contributed by atoms with Gasteiger partial charge in [0, 0.05) is 18.5 Å². The van der Waals surface area contributed by atoms with Gasteiger partial charge in [-0.25, -0.2) is 0 Å². The van der Waals surface area contributed by atoms with Gasteiger partial charge >= 0.3 is 0 Å². The molecule has 17 heavy (non-hydrogen) atoms. The van der Waals surface area contributed by atoms with Crippen molar-refractivity contribution in [3.05, 3.63) is 28.8 Å². The summed E-state index contributed by atoms with van der Waals surface area (Å²) in [5, 5.41) is 0.829. The Morgan fingerprint density at radius 3 is 2.82 bits per heavy atom. The van der Waals surface area contributed by atoms with E-state index in [9.17, 15) is 0 Å². The monoisotopic (exact) mass is 271 g/mol. The normalized spacial score (nSPS) is 20.3. The van der Waals surface area contributed by atoms with E-state index < -0.39 is 0 Å². The Kier molecular flexibility index (Phi) is 4.22. The van der Waals surface area contributed by atoms with Crippen molar-refractivity contribution in [2.24, 2.45) is 5.92 Å². The van der Waals surface area contributed by atoms with Crippen molar-refractivity contribution in [1.29, 1.82) is 0 Å². The topological polar surface area (TPSA) is 3.24 Å². The van der Waals surface area contributed by atoms with Crippen LogP contribution >= 0.6 is 23.2 Å². The number of hydrogen-bond donors (Lipinski definition) is 0. The summed E-state index contributed by atoms with van der Waals surface area (Å²) in [4.78, 5) is 2.45. The number of hydrogen-bond acceptors (Lipinski definition) is 1. The summed E-state index contributed by atoms with van der Waals surface area (Å²) in [6.45, 7) is 5.65. The average molecular weight is 272 g/mol. The summed E-state index contributed by atoms with van der Waals surface area (Å²) in [5.74, 6) is 1.17. The Morgan fingerprint density at radius 2 is 2.18 bits per heavy atom. The fourth-order valence-corrected chi connectivity index (χ4v) is 3.27. The number of benzene rings is 1. The second-order valence-corrected chi connectivity index (χ2v) is 5.70. The Hall–Kier alpha value is -0.400. The zero-order valence-electron chi connectivity index (χ0n) is 10.4. The van der Waals surface area contributed by atoms with Crippen molar-refractivity contribution < 1.29 is 0 Å². The summed E-state index contributed by atoms with van der Waals surface area (Å²) in [7, 11) is 0. The van der Waals surface area contributed by atoms with Gasteiger partial charge in [-0.05, 0) is 30.4 Å². The standard InChI is InChI=1S/C14H19Cl2N/c1-10(2)13-7-4-8-17(13)14-11(9-15)5-3-6-12(14)16/h3,5-6,10,13H,4,7-9H2,1-2H3. The Labute approximate surface area is 114 Å². The van der Waals surface area contributed by atoms with Crippen molar-refractivity contribution in [2.45, 2.75) is 38.6 Å². The van der Waals surface area contributed by atoms with E-state index in [4.69, 9.17) is 23.2 Å². The van der Waals surface area contributed by atoms with Crippen LogP contribution in [0, 0.1) is 5.92 Å². The molecule has 0 saturated carbocycles. The van der Waals surface area contributed by atoms with Crippen LogP contribution in [0.5, 0.6) is 0 Å². The molecule has 1 aromatic carbocycles. The van der Waals surface area contributed by atoms with Gasteiger partial charge in [-0.1, -0.05) is 37.6 Å². The lowest BCUT2D eigenvalue weighted by Crippen LogP contribution is -2.34. The van der Waals surface area contributed by atoms with Gasteiger partial charge in [0.2, 0.25) is 0 Å². The highest BCUT2D eigenvalue weighted by molar-refractivity contribution is 6.33. The second kappa shape index (κ2) is 5.49. The predicted octanol–water partition coefficient (Wildman–Crippen LogP) is 4.70. The third kappa shape index (κ3) is 2.56. The maximum Gasteiger partial charge on any atom is 0.0642 e. The van der Waals surface area contributed by atoms with Crippen LogP contribution in [0.1, 0.15) is 32.3 Å². The van der Waals surface area contributed by atoms with Gasteiger partial charge in [0.15, 0.2) is 0 Å². The number of halogens is 2. The van der Waals surface area contributed by atoms with Crippen LogP contribution in [-0.2, 0) is 5.88 Å². The van der Waals surface area contributed by atoms with Crippen molar-refractivity contribution >= 4 is 28.9 Å². The number of anilines is 1. The molecule has 0 bridgehead atoms. The highest BCUT2D eigenvalue weighted by Gasteiger charge is 2.29. The fraction of sp³-hybridized carbons (Fsp3) is 0.571. The van der Waals surface area contributed by atoms with E-state index in [0.29, 0.717) is 17.8 Å². The van der Waals surface area contributed by atoms with Crippen molar-refractivity contribution in [3.63, 3.8) is 0 Å². The van der Waals surface area contributed by atoms with E-state index in [-0.39, 0.29) is 0 Å². The van der Waals surface area contributed by atoms with Gasteiger partial charge in [0.25, 0.3) is 0 Å². The minimum absolute atomic E-state index is 0.525. The molecular weight excluding hydrogens is 253 g/mol. The van der Waals surface area contributed by atoms with Gasteiger partial charge in [-0.15, -0.1) is 11.6 Å². The summed E-state index contributed by atoms with van der Waals surface area (Å²) in [6, 6.07) is 6.60. The molecule has 1 saturated heterocycles. The Balaban J connectivity index is 2.39. The van der Waals surface area contributed by atoms with E-state index >= 15 is 0 Å². The van der Waals surface area contributed by atoms with Crippen molar-refractivity contribution in [1.82, 2.24) is 0 Å². The van der Waals surface area contributed by atoms with Crippen LogP contribution in [0.15, 0.2) is 18.2 Å². The zero-order valence-corrected chi connectivity index (χ0v) is 11.9. The minimum Gasteiger partial charge on any atom is -0.367 e. The minimum atomic E-state index is 0.525. The van der Waals surface area contributed by atoms with E-state index in [2.05, 4.69) is 24.8 Å². The first-order valence-electron chi connectivity index (χ1n) is 6.25. The zero-order chi connectivity index (χ0) is 12.4. The molecule has 1 heterocycles. The van der Waals surface area contributed by atoms with Crippen molar-refractivity contribution in [3.8, 4) is 0 Å². The first-order chi connectivity index (χ1) is 8.15. The molecule has 1 nitrogen and oxygen atoms in total. The molecule has 3 heteroatoms. The lowest BCUT2D eigenvalue weighted by atomic mass is 10.0. The van der Waals surface area contributed by atoms with Crippen LogP contribution in [-0.4, -0.2) is 12.6 Å². The molecule has 0 radical (unpaired) electrons. The van der Waals surface area contributed by atoms with Crippen LogP contribution in [0.4, 0.5) is 5.69 Å². The molecule has 1 unspecified atom stereocenters. The van der Waals surface area contributed by atoms with E-state index in [1.54, 1.807) is 0 Å². The van der Waals surface area contributed by atoms with Crippen molar-refractivity contribution in [2.75, 3.05) is 11.4 Å². The first-order valence-corrected chi connectivity index (χ1v) is 7.16. The highest BCUT2D eigenvalue weighted by Crippen LogP contribution is 2.37. The molecule has 1 atom stereocenters. The molecule has 1 aliphatic rings. The molecule has 0 spiro atoms. The van der Waals surface area contributed by atoms with Crippen LogP contribution in [0.25, 0.3) is 0 Å². The van der Waals surface area contributed by atoms with E-state index in [1.165, 1.54) is 12.8 Å². The maximum absolute atomic E-state index is 6.36. The fourth-order valence-electron chi connectivity index (χ4n) is 2.75. The molecule has 1 fully saturated rings. The summed E-state index contributed by atoms with van der Waals surface area (Å²) < 4.78 is 0. The third-order valence-electron chi connectivity index (χ3n) is 3.57. The van der Waals surface area contributed by atoms with Gasteiger partial charge in [-0.2, -0.15) is 0 Å². The molecule has 0 aliphatic carbocycles. The quantitative estimate of drug-likeness (QED) is 0.721. The molecule has 1 aromatic rings. The summed E-state index contributed by atoms with van der Waals surface area (Å²) in [6.07, 6.45) is 2.50. The smallest absolute Gasteiger partial charge is 0.0642 e. The lowest BCUT2D eigenvalue weighted by Gasteiger charge is -2.32. The van der Waals surface area contributed by atoms with Crippen LogP contribution in [0.2, 0.25) is 5.02 Å². The number of para-hydroxylation sites is 1. The lowest BCUT2D eigenvalue weighted by molar-refractivity contribution is 0.491. The summed E-state index contributed by atoms with van der Waals surface area (Å²) >= 11 is 12.4. The number of alkyl halides is 1. The maximum atomic E-state index is 6.36. The number of nitrogens with zero attached hydrogens (tertiary/aromatic N) is 1. The largest absolute Gasteiger partial charge is 0.367 e. The number of rotatable bonds is 3. The molecule has 2 rings (SSSR count). The molecule has 94 valence electrons. The third-order valence-corrected chi connectivity index (χ3v) is 4.16. The Morgan fingerprint density at radius 1 is 1.41 bits per heavy atom. The van der Waals surface area contributed by atoms with Crippen LogP contribution in [0.3, 0.4) is 0 Å². The molecule has 0 N–H and O–H groups in total. The molecule has 0 amide bonds. The predicted molar refractivity (Wildman–Crippen MR) is 76.2 cm³/mol. The average Bonchev–Trinajstić information content (AvgIpc) is 2.77. The molecule has 0 aromatic heterocycles. The summed E-state index contributed by atoms with van der Waals surface area (Å²) in [5.41, 5.74) is 2.30. The van der Waals surface area contributed by atoms with Gasteiger partial charge in [-0.3, -0.25) is 0 Å². The van der Waals surface area contributed by atoms with Gasteiger partial charge in [0.1, 0.15) is 0 Å². The van der Waals surface area contributed by atoms with Gasteiger partial charge < -0.3 is 4.90 Å². The second-order valence-electron chi connectivity index (χ2n) is 5.03.